The van der Waals surface area contributed by atoms with Crippen LogP contribution >= 0.6 is 23.5 Å². The summed E-state index contributed by atoms with van der Waals surface area (Å²) in [6.45, 7) is 2.18. The van der Waals surface area contributed by atoms with Crippen LogP contribution in [0, 0.1) is 6.92 Å². The Hall–Kier alpha value is -1.92. The van der Waals surface area contributed by atoms with E-state index in [2.05, 4.69) is 5.32 Å². The molecule has 1 N–H and O–H groups in total. The smallest absolute Gasteiger partial charge is 0.312 e. The molecule has 0 radical (unpaired) electrons. The fourth-order valence-electron chi connectivity index (χ4n) is 2.59. The Kier molecular flexibility index (Phi) is 6.63. The van der Waals surface area contributed by atoms with Crippen LogP contribution in [-0.2, 0) is 4.79 Å². The van der Waals surface area contributed by atoms with Crippen molar-refractivity contribution in [3.05, 3.63) is 65.2 Å². The predicted octanol–water partition coefficient (Wildman–Crippen LogP) is 4.20. The van der Waals surface area contributed by atoms with Crippen LogP contribution < -0.4 is 10.1 Å². The number of ether oxygens (including phenoxy) is 1. The second kappa shape index (κ2) is 9.14. The third kappa shape index (κ3) is 5.29. The number of amides is 1. The maximum atomic E-state index is 12.0. The summed E-state index contributed by atoms with van der Waals surface area (Å²) in [5, 5.41) is 2.74. The quantitative estimate of drug-likeness (QED) is 0.595. The molecule has 1 fully saturated rings. The highest BCUT2D eigenvalue weighted by Crippen LogP contribution is 2.45. The van der Waals surface area contributed by atoms with Gasteiger partial charge in [-0.15, -0.1) is 23.5 Å². The number of carbonyl (C=O) groups excluding carboxylic acids is 2. The average molecular weight is 388 g/mol. The molecule has 0 atom stereocenters. The molecule has 2 aromatic rings. The molecule has 136 valence electrons. The van der Waals surface area contributed by atoms with Crippen molar-refractivity contribution in [1.29, 1.82) is 0 Å². The fraction of sp³-hybridized carbons (Fsp3) is 0.300. The molecule has 0 saturated carbocycles. The summed E-state index contributed by atoms with van der Waals surface area (Å²) < 4.78 is 5.82. The van der Waals surface area contributed by atoms with Gasteiger partial charge in [-0.3, -0.25) is 9.59 Å². The van der Waals surface area contributed by atoms with E-state index in [4.69, 9.17) is 4.74 Å². The van der Waals surface area contributed by atoms with Gasteiger partial charge in [0.2, 0.25) is 0 Å². The van der Waals surface area contributed by atoms with Crippen LogP contribution in [0.1, 0.15) is 32.5 Å². The van der Waals surface area contributed by atoms with Crippen LogP contribution in [0.2, 0.25) is 0 Å². The van der Waals surface area contributed by atoms with Gasteiger partial charge in [-0.25, -0.2) is 0 Å². The summed E-state index contributed by atoms with van der Waals surface area (Å²) in [5.74, 6) is 2.36. The first-order chi connectivity index (χ1) is 12.6. The van der Waals surface area contributed by atoms with Crippen LogP contribution in [0.4, 0.5) is 0 Å². The Morgan fingerprint density at radius 2 is 1.85 bits per heavy atom. The molecule has 1 amide bonds. The highest BCUT2D eigenvalue weighted by molar-refractivity contribution is 8.19. The van der Waals surface area contributed by atoms with Gasteiger partial charge < -0.3 is 10.1 Å². The zero-order valence-corrected chi connectivity index (χ0v) is 16.2. The molecule has 0 bridgehead atoms. The number of hydrogen-bond acceptors (Lipinski definition) is 5. The predicted molar refractivity (Wildman–Crippen MR) is 108 cm³/mol. The number of rotatable bonds is 6. The largest absolute Gasteiger partial charge is 0.426 e. The van der Waals surface area contributed by atoms with Crippen molar-refractivity contribution in [3.63, 3.8) is 0 Å². The van der Waals surface area contributed by atoms with E-state index in [1.165, 1.54) is 17.1 Å². The third-order valence-corrected chi connectivity index (χ3v) is 7.01. The van der Waals surface area contributed by atoms with Crippen LogP contribution in [-0.4, -0.2) is 29.9 Å². The van der Waals surface area contributed by atoms with E-state index >= 15 is 0 Å². The summed E-state index contributed by atoms with van der Waals surface area (Å²) >= 11 is 3.89. The summed E-state index contributed by atoms with van der Waals surface area (Å²) in [6, 6.07) is 15.0. The van der Waals surface area contributed by atoms with Gasteiger partial charge in [0.15, 0.2) is 0 Å². The minimum Gasteiger partial charge on any atom is -0.426 e. The lowest BCUT2D eigenvalue weighted by Gasteiger charge is -2.10. The molecule has 1 aliphatic heterocycles. The minimum atomic E-state index is -0.355. The van der Waals surface area contributed by atoms with Gasteiger partial charge in [0.25, 0.3) is 5.91 Å². The van der Waals surface area contributed by atoms with E-state index in [1.54, 1.807) is 6.07 Å². The number of carbonyl (C=O) groups is 2. The summed E-state index contributed by atoms with van der Waals surface area (Å²) in [4.78, 5) is 24.0. The molecule has 6 heteroatoms. The minimum absolute atomic E-state index is 0.133. The van der Waals surface area contributed by atoms with Gasteiger partial charge in [-0.1, -0.05) is 29.8 Å². The Balaban J connectivity index is 1.43. The first-order valence-electron chi connectivity index (χ1n) is 8.50. The second-order valence-electron chi connectivity index (χ2n) is 5.99. The number of esters is 1. The van der Waals surface area contributed by atoms with E-state index in [-0.39, 0.29) is 24.8 Å². The number of benzene rings is 2. The first-order valence-corrected chi connectivity index (χ1v) is 10.6. The van der Waals surface area contributed by atoms with Crippen molar-refractivity contribution in [2.75, 3.05) is 18.1 Å². The van der Waals surface area contributed by atoms with Crippen LogP contribution in [0.5, 0.6) is 5.75 Å². The van der Waals surface area contributed by atoms with Crippen molar-refractivity contribution in [3.8, 4) is 5.75 Å². The third-order valence-electron chi connectivity index (χ3n) is 3.90. The van der Waals surface area contributed by atoms with Crippen molar-refractivity contribution >= 4 is 35.4 Å². The van der Waals surface area contributed by atoms with Crippen molar-refractivity contribution in [1.82, 2.24) is 5.32 Å². The highest BCUT2D eigenvalue weighted by atomic mass is 32.2. The van der Waals surface area contributed by atoms with Crippen LogP contribution in [0.15, 0.2) is 48.5 Å². The lowest BCUT2D eigenvalue weighted by molar-refractivity contribution is -0.134. The SMILES string of the molecule is Cc1cccc(C(=O)NCCC(=O)Oc2ccc(C3SCCS3)cc2)c1. The zero-order valence-electron chi connectivity index (χ0n) is 14.6. The standard InChI is InChI=1S/C20H21NO3S2/c1-14-3-2-4-16(13-14)19(23)21-10-9-18(22)24-17-7-5-15(6-8-17)20-25-11-12-26-20/h2-8,13,20H,9-12H2,1H3,(H,21,23). The summed E-state index contributed by atoms with van der Waals surface area (Å²) in [6.07, 6.45) is 0.133. The Morgan fingerprint density at radius 1 is 1.12 bits per heavy atom. The average Bonchev–Trinajstić information content (AvgIpc) is 3.17. The van der Waals surface area contributed by atoms with E-state index in [9.17, 15) is 9.59 Å². The van der Waals surface area contributed by atoms with Gasteiger partial charge in [0.1, 0.15) is 5.75 Å². The number of hydrogen-bond donors (Lipinski definition) is 1. The highest BCUT2D eigenvalue weighted by Gasteiger charge is 2.18. The van der Waals surface area contributed by atoms with Gasteiger partial charge in [0, 0.05) is 23.6 Å². The summed E-state index contributed by atoms with van der Waals surface area (Å²) in [5.41, 5.74) is 2.87. The molecular formula is C20H21NO3S2. The maximum Gasteiger partial charge on any atom is 0.312 e. The molecule has 1 heterocycles. The van der Waals surface area contributed by atoms with Crippen molar-refractivity contribution < 1.29 is 14.3 Å². The molecule has 3 rings (SSSR count). The number of aryl methyl sites for hydroxylation is 1. The molecule has 0 aromatic heterocycles. The van der Waals surface area contributed by atoms with Gasteiger partial charge in [-0.05, 0) is 36.8 Å². The zero-order chi connectivity index (χ0) is 18.4. The maximum absolute atomic E-state index is 12.0. The van der Waals surface area contributed by atoms with E-state index in [1.807, 2.05) is 72.9 Å². The normalized spacial score (nSPS) is 14.2. The Bertz CT molecular complexity index is 771. The lowest BCUT2D eigenvalue weighted by Crippen LogP contribution is -2.27. The topological polar surface area (TPSA) is 55.4 Å². The van der Waals surface area contributed by atoms with Crippen molar-refractivity contribution in [2.24, 2.45) is 0 Å². The molecule has 4 nitrogen and oxygen atoms in total. The molecule has 1 aliphatic rings. The van der Waals surface area contributed by atoms with Crippen molar-refractivity contribution in [2.45, 2.75) is 17.9 Å². The molecule has 1 saturated heterocycles. The van der Waals surface area contributed by atoms with Crippen LogP contribution in [0.3, 0.4) is 0 Å². The first kappa shape index (κ1) is 18.9. The number of nitrogens with one attached hydrogen (secondary N) is 1. The molecular weight excluding hydrogens is 366 g/mol. The Labute approximate surface area is 162 Å². The molecule has 0 aliphatic carbocycles. The Morgan fingerprint density at radius 3 is 2.54 bits per heavy atom. The van der Waals surface area contributed by atoms with E-state index in [0.29, 0.717) is 15.9 Å². The molecule has 0 spiro atoms. The van der Waals surface area contributed by atoms with Gasteiger partial charge >= 0.3 is 5.97 Å². The van der Waals surface area contributed by atoms with E-state index in [0.717, 1.165) is 5.56 Å². The molecule has 0 unspecified atom stereocenters. The van der Waals surface area contributed by atoms with E-state index < -0.39 is 0 Å². The second-order valence-corrected chi connectivity index (χ2v) is 8.72. The monoisotopic (exact) mass is 387 g/mol. The van der Waals surface area contributed by atoms with Crippen LogP contribution in [0.25, 0.3) is 0 Å². The van der Waals surface area contributed by atoms with Gasteiger partial charge in [0.05, 0.1) is 11.0 Å². The number of thioether (sulfide) groups is 2. The summed E-state index contributed by atoms with van der Waals surface area (Å²) in [7, 11) is 0. The lowest BCUT2D eigenvalue weighted by atomic mass is 10.1. The van der Waals surface area contributed by atoms with Gasteiger partial charge in [-0.2, -0.15) is 0 Å². The molecule has 2 aromatic carbocycles. The fourth-order valence-corrected chi connectivity index (χ4v) is 5.45. The molecule has 26 heavy (non-hydrogen) atoms.